The third-order valence-electron chi connectivity index (χ3n) is 4.95. The molecule has 0 spiro atoms. The molecule has 3 N–H and O–H groups in total. The first-order chi connectivity index (χ1) is 14.2. The van der Waals surface area contributed by atoms with Crippen molar-refractivity contribution in [2.24, 2.45) is 5.92 Å². The largest absolute Gasteiger partial charge is 0.444 e. The van der Waals surface area contributed by atoms with E-state index in [0.29, 0.717) is 23.7 Å². The van der Waals surface area contributed by atoms with Gasteiger partial charge in [0.25, 0.3) is 0 Å². The van der Waals surface area contributed by atoms with Gasteiger partial charge in [-0.15, -0.1) is 0 Å². The van der Waals surface area contributed by atoms with Crippen LogP contribution in [0.25, 0.3) is 0 Å². The first-order valence-electron chi connectivity index (χ1n) is 10.9. The van der Waals surface area contributed by atoms with E-state index in [1.165, 1.54) is 32.1 Å². The predicted molar refractivity (Wildman–Crippen MR) is 118 cm³/mol. The predicted octanol–water partition coefficient (Wildman–Crippen LogP) is 4.84. The second-order valence-corrected chi connectivity index (χ2v) is 8.90. The number of benzene rings is 1. The van der Waals surface area contributed by atoms with Crippen LogP contribution in [0.1, 0.15) is 72.1 Å². The summed E-state index contributed by atoms with van der Waals surface area (Å²) in [5.74, 6) is 0.446. The molecule has 30 heavy (non-hydrogen) atoms. The van der Waals surface area contributed by atoms with Crippen LogP contribution in [0.3, 0.4) is 0 Å². The number of nitrogens with one attached hydrogen (secondary N) is 3. The van der Waals surface area contributed by atoms with Crippen LogP contribution >= 0.6 is 0 Å². The molecule has 1 aliphatic carbocycles. The van der Waals surface area contributed by atoms with Gasteiger partial charge in [-0.25, -0.2) is 4.79 Å². The van der Waals surface area contributed by atoms with E-state index in [9.17, 15) is 14.4 Å². The molecule has 166 valence electrons. The van der Waals surface area contributed by atoms with Crippen molar-refractivity contribution >= 4 is 29.3 Å². The van der Waals surface area contributed by atoms with Crippen molar-refractivity contribution in [3.63, 3.8) is 0 Å². The molecule has 1 aliphatic rings. The van der Waals surface area contributed by atoms with Gasteiger partial charge in [-0.05, 0) is 51.3 Å². The Morgan fingerprint density at radius 3 is 2.17 bits per heavy atom. The van der Waals surface area contributed by atoms with Gasteiger partial charge >= 0.3 is 6.09 Å². The van der Waals surface area contributed by atoms with E-state index in [1.807, 2.05) is 0 Å². The van der Waals surface area contributed by atoms with Crippen molar-refractivity contribution in [1.29, 1.82) is 0 Å². The molecule has 1 aromatic rings. The molecule has 0 radical (unpaired) electrons. The molecule has 0 aromatic heterocycles. The maximum absolute atomic E-state index is 12.2. The summed E-state index contributed by atoms with van der Waals surface area (Å²) in [6, 6.07) is 7.08. The summed E-state index contributed by atoms with van der Waals surface area (Å²) < 4.78 is 5.13. The van der Waals surface area contributed by atoms with Crippen LogP contribution in [-0.2, 0) is 14.3 Å². The van der Waals surface area contributed by atoms with Crippen molar-refractivity contribution in [3.05, 3.63) is 24.3 Å². The zero-order valence-electron chi connectivity index (χ0n) is 18.4. The number of ether oxygens (including phenoxy) is 1. The van der Waals surface area contributed by atoms with Gasteiger partial charge in [0.15, 0.2) is 0 Å². The van der Waals surface area contributed by atoms with Crippen LogP contribution in [0, 0.1) is 5.92 Å². The first-order valence-corrected chi connectivity index (χ1v) is 10.9. The summed E-state index contributed by atoms with van der Waals surface area (Å²) >= 11 is 0. The quantitative estimate of drug-likeness (QED) is 0.564. The Hall–Kier alpha value is -2.57. The van der Waals surface area contributed by atoms with Gasteiger partial charge in [-0.2, -0.15) is 0 Å². The van der Waals surface area contributed by atoms with Gasteiger partial charge in [-0.3, -0.25) is 9.59 Å². The molecule has 1 aromatic carbocycles. The van der Waals surface area contributed by atoms with E-state index in [0.717, 1.165) is 6.42 Å². The van der Waals surface area contributed by atoms with Crippen molar-refractivity contribution in [1.82, 2.24) is 5.32 Å². The van der Waals surface area contributed by atoms with Gasteiger partial charge in [0.1, 0.15) is 5.60 Å². The van der Waals surface area contributed by atoms with E-state index >= 15 is 0 Å². The number of carbonyl (C=O) groups is 3. The Balaban J connectivity index is 1.71. The molecule has 0 atom stereocenters. The van der Waals surface area contributed by atoms with E-state index in [4.69, 9.17) is 4.74 Å². The van der Waals surface area contributed by atoms with Crippen LogP contribution in [0.15, 0.2) is 24.3 Å². The molecule has 3 amide bonds. The fourth-order valence-electron chi connectivity index (χ4n) is 3.52. The van der Waals surface area contributed by atoms with Gasteiger partial charge in [0, 0.05) is 30.8 Å². The van der Waals surface area contributed by atoms with Crippen molar-refractivity contribution in [2.45, 2.75) is 77.7 Å². The lowest BCUT2D eigenvalue weighted by Crippen LogP contribution is -2.34. The maximum atomic E-state index is 12.2. The zero-order chi connectivity index (χ0) is 22.0. The molecule has 1 fully saturated rings. The molecule has 0 unspecified atom stereocenters. The number of hydrogen-bond acceptors (Lipinski definition) is 4. The standard InChI is InChI=1S/C23H35N3O4/c1-23(2,3)30-22(29)24-15-14-21(28)26-19-11-7-10-18(16-19)25-20(27)13-12-17-8-5-4-6-9-17/h7,10-11,16-17H,4-6,8-9,12-15H2,1-3H3,(H,24,29)(H,25,27)(H,26,28). The third kappa shape index (κ3) is 9.76. The Morgan fingerprint density at radius 1 is 0.967 bits per heavy atom. The number of hydrogen-bond donors (Lipinski definition) is 3. The minimum Gasteiger partial charge on any atom is -0.444 e. The third-order valence-corrected chi connectivity index (χ3v) is 4.95. The Bertz CT molecular complexity index is 721. The molecule has 1 saturated carbocycles. The minimum absolute atomic E-state index is 0.00520. The molecular weight excluding hydrogens is 382 g/mol. The molecule has 2 rings (SSSR count). The van der Waals surface area contributed by atoms with Crippen molar-refractivity contribution in [2.75, 3.05) is 17.2 Å². The van der Waals surface area contributed by atoms with E-state index in [-0.39, 0.29) is 24.8 Å². The lowest BCUT2D eigenvalue weighted by atomic mass is 9.86. The van der Waals surface area contributed by atoms with Crippen LogP contribution in [0.2, 0.25) is 0 Å². The monoisotopic (exact) mass is 417 g/mol. The Morgan fingerprint density at radius 2 is 1.57 bits per heavy atom. The summed E-state index contributed by atoms with van der Waals surface area (Å²) in [6.45, 7) is 5.52. The van der Waals surface area contributed by atoms with Gasteiger partial charge in [0.2, 0.25) is 11.8 Å². The fraction of sp³-hybridized carbons (Fsp3) is 0.609. The summed E-state index contributed by atoms with van der Waals surface area (Å²) in [6.07, 6.45) is 7.38. The number of carbonyl (C=O) groups excluding carboxylic acids is 3. The summed E-state index contributed by atoms with van der Waals surface area (Å²) in [7, 11) is 0. The Labute approximate surface area is 179 Å². The second-order valence-electron chi connectivity index (χ2n) is 8.90. The highest BCUT2D eigenvalue weighted by atomic mass is 16.6. The van der Waals surface area contributed by atoms with Crippen molar-refractivity contribution < 1.29 is 19.1 Å². The highest BCUT2D eigenvalue weighted by Crippen LogP contribution is 2.27. The highest BCUT2D eigenvalue weighted by molar-refractivity contribution is 5.94. The molecule has 7 nitrogen and oxygen atoms in total. The molecule has 0 bridgehead atoms. The smallest absolute Gasteiger partial charge is 0.407 e. The van der Waals surface area contributed by atoms with E-state index in [2.05, 4.69) is 16.0 Å². The van der Waals surface area contributed by atoms with E-state index in [1.54, 1.807) is 45.0 Å². The number of rotatable bonds is 8. The maximum Gasteiger partial charge on any atom is 0.407 e. The lowest BCUT2D eigenvalue weighted by Gasteiger charge is -2.21. The topological polar surface area (TPSA) is 96.5 Å². The Kier molecular flexibility index (Phi) is 9.15. The van der Waals surface area contributed by atoms with Gasteiger partial charge in [0.05, 0.1) is 0 Å². The minimum atomic E-state index is -0.576. The molecular formula is C23H35N3O4. The molecule has 0 saturated heterocycles. The van der Waals surface area contributed by atoms with Crippen molar-refractivity contribution in [3.8, 4) is 0 Å². The van der Waals surface area contributed by atoms with Crippen LogP contribution < -0.4 is 16.0 Å². The molecule has 7 heteroatoms. The second kappa shape index (κ2) is 11.6. The van der Waals surface area contributed by atoms with Crippen LogP contribution in [0.5, 0.6) is 0 Å². The average Bonchev–Trinajstić information content (AvgIpc) is 2.66. The van der Waals surface area contributed by atoms with Gasteiger partial charge < -0.3 is 20.7 Å². The van der Waals surface area contributed by atoms with Crippen LogP contribution in [0.4, 0.5) is 16.2 Å². The lowest BCUT2D eigenvalue weighted by molar-refractivity contribution is -0.117. The first kappa shape index (κ1) is 23.7. The fourth-order valence-corrected chi connectivity index (χ4v) is 3.52. The number of amides is 3. The summed E-state index contributed by atoms with van der Waals surface area (Å²) in [5, 5.41) is 8.25. The number of anilines is 2. The normalized spacial score (nSPS) is 14.6. The summed E-state index contributed by atoms with van der Waals surface area (Å²) in [5.41, 5.74) is 0.684. The van der Waals surface area contributed by atoms with Crippen LogP contribution in [-0.4, -0.2) is 30.1 Å². The number of alkyl carbamates (subject to hydrolysis) is 1. The molecule has 0 aliphatic heterocycles. The van der Waals surface area contributed by atoms with Gasteiger partial charge in [-0.1, -0.05) is 38.2 Å². The zero-order valence-corrected chi connectivity index (χ0v) is 18.4. The summed E-state index contributed by atoms with van der Waals surface area (Å²) in [4.78, 5) is 35.9. The molecule has 0 heterocycles. The highest BCUT2D eigenvalue weighted by Gasteiger charge is 2.16. The average molecular weight is 418 g/mol. The van der Waals surface area contributed by atoms with E-state index < -0.39 is 11.7 Å². The SMILES string of the molecule is CC(C)(C)OC(=O)NCCC(=O)Nc1cccc(NC(=O)CCC2CCCCC2)c1.